The molecule has 0 aromatic carbocycles. The predicted octanol–water partition coefficient (Wildman–Crippen LogP) is 1.79. The fraction of sp³-hybridized carbons (Fsp3) is 0.400. The summed E-state index contributed by atoms with van der Waals surface area (Å²) in [6, 6.07) is 1.01. The SMILES string of the molecule is NC(=O)c1cc(F)c(Cl)nc1NCC1CC1. The molecule has 3 N–H and O–H groups in total. The smallest absolute Gasteiger partial charge is 0.252 e. The molecule has 1 fully saturated rings. The summed E-state index contributed by atoms with van der Waals surface area (Å²) in [6.07, 6.45) is 2.32. The van der Waals surface area contributed by atoms with Gasteiger partial charge >= 0.3 is 0 Å². The molecule has 1 saturated carbocycles. The molecule has 1 aliphatic carbocycles. The van der Waals surface area contributed by atoms with E-state index in [9.17, 15) is 9.18 Å². The van der Waals surface area contributed by atoms with Crippen molar-refractivity contribution in [2.75, 3.05) is 11.9 Å². The molecule has 1 aliphatic rings. The molecule has 6 heteroatoms. The van der Waals surface area contributed by atoms with Crippen molar-refractivity contribution in [3.05, 3.63) is 22.6 Å². The van der Waals surface area contributed by atoms with E-state index < -0.39 is 11.7 Å². The molecular weight excluding hydrogens is 233 g/mol. The highest BCUT2D eigenvalue weighted by molar-refractivity contribution is 6.29. The van der Waals surface area contributed by atoms with Crippen LogP contribution in [0.1, 0.15) is 23.2 Å². The Labute approximate surface area is 97.0 Å². The molecule has 1 aromatic heterocycles. The fourth-order valence-electron chi connectivity index (χ4n) is 1.35. The number of nitrogens with two attached hydrogens (primary N) is 1. The Morgan fingerprint density at radius 3 is 2.94 bits per heavy atom. The van der Waals surface area contributed by atoms with E-state index in [4.69, 9.17) is 17.3 Å². The monoisotopic (exact) mass is 243 g/mol. The minimum atomic E-state index is -0.743. The number of halogens is 2. The highest BCUT2D eigenvalue weighted by Gasteiger charge is 2.22. The maximum atomic E-state index is 13.1. The van der Waals surface area contributed by atoms with E-state index in [-0.39, 0.29) is 16.5 Å². The van der Waals surface area contributed by atoms with Gasteiger partial charge in [0, 0.05) is 6.54 Å². The topological polar surface area (TPSA) is 68.0 Å². The molecule has 0 aliphatic heterocycles. The van der Waals surface area contributed by atoms with Crippen LogP contribution in [0.15, 0.2) is 6.07 Å². The van der Waals surface area contributed by atoms with Crippen LogP contribution in [0.2, 0.25) is 5.15 Å². The van der Waals surface area contributed by atoms with Crippen LogP contribution in [0.25, 0.3) is 0 Å². The minimum Gasteiger partial charge on any atom is -0.369 e. The number of anilines is 1. The van der Waals surface area contributed by atoms with Gasteiger partial charge < -0.3 is 11.1 Å². The Bertz CT molecular complexity index is 434. The van der Waals surface area contributed by atoms with Gasteiger partial charge in [-0.25, -0.2) is 9.37 Å². The lowest BCUT2D eigenvalue weighted by Crippen LogP contribution is -2.17. The zero-order valence-electron chi connectivity index (χ0n) is 8.46. The van der Waals surface area contributed by atoms with Crippen LogP contribution in [0, 0.1) is 11.7 Å². The number of hydrogen-bond donors (Lipinski definition) is 2. The van der Waals surface area contributed by atoms with Crippen molar-refractivity contribution in [2.45, 2.75) is 12.8 Å². The summed E-state index contributed by atoms with van der Waals surface area (Å²) in [5.74, 6) is -0.606. The van der Waals surface area contributed by atoms with Crippen LogP contribution in [0.3, 0.4) is 0 Å². The largest absolute Gasteiger partial charge is 0.369 e. The van der Waals surface area contributed by atoms with E-state index in [2.05, 4.69) is 10.3 Å². The molecular formula is C10H11ClFN3O. The third kappa shape index (κ3) is 2.41. The zero-order chi connectivity index (χ0) is 11.7. The molecule has 0 saturated heterocycles. The van der Waals surface area contributed by atoms with Crippen molar-refractivity contribution in [3.8, 4) is 0 Å². The van der Waals surface area contributed by atoms with Crippen molar-refractivity contribution in [1.29, 1.82) is 0 Å². The maximum absolute atomic E-state index is 13.1. The molecule has 4 nitrogen and oxygen atoms in total. The molecule has 1 aromatic rings. The highest BCUT2D eigenvalue weighted by atomic mass is 35.5. The molecule has 0 bridgehead atoms. The van der Waals surface area contributed by atoms with Crippen molar-refractivity contribution in [1.82, 2.24) is 4.98 Å². The van der Waals surface area contributed by atoms with Crippen molar-refractivity contribution >= 4 is 23.3 Å². The number of aromatic nitrogens is 1. The Balaban J connectivity index is 2.24. The molecule has 1 heterocycles. The Morgan fingerprint density at radius 2 is 2.38 bits per heavy atom. The standard InChI is InChI=1S/C10H11ClFN3O/c11-8-7(12)3-6(9(13)16)10(15-8)14-4-5-1-2-5/h3,5H,1-2,4H2,(H2,13,16)(H,14,15). The number of primary amides is 1. The average Bonchev–Trinajstić information content (AvgIpc) is 3.02. The van der Waals surface area contributed by atoms with Gasteiger partial charge in [0.1, 0.15) is 5.82 Å². The van der Waals surface area contributed by atoms with Gasteiger partial charge in [0.25, 0.3) is 5.91 Å². The summed E-state index contributed by atoms with van der Waals surface area (Å²) < 4.78 is 13.1. The van der Waals surface area contributed by atoms with Gasteiger partial charge in [-0.1, -0.05) is 11.6 Å². The van der Waals surface area contributed by atoms with E-state index in [1.165, 1.54) is 0 Å². The second-order valence-electron chi connectivity index (χ2n) is 3.85. The lowest BCUT2D eigenvalue weighted by atomic mass is 10.2. The Kier molecular flexibility index (Phi) is 2.96. The summed E-state index contributed by atoms with van der Waals surface area (Å²) in [6.45, 7) is 0.704. The normalized spacial score (nSPS) is 14.9. The van der Waals surface area contributed by atoms with Crippen LogP contribution in [0.5, 0.6) is 0 Å². The highest BCUT2D eigenvalue weighted by Crippen LogP contribution is 2.29. The molecule has 0 spiro atoms. The van der Waals surface area contributed by atoms with Gasteiger partial charge in [-0.05, 0) is 24.8 Å². The Morgan fingerprint density at radius 1 is 1.69 bits per heavy atom. The maximum Gasteiger partial charge on any atom is 0.252 e. The van der Waals surface area contributed by atoms with Crippen LogP contribution in [-0.2, 0) is 0 Å². The quantitative estimate of drug-likeness (QED) is 0.793. The van der Waals surface area contributed by atoms with E-state index in [1.54, 1.807) is 0 Å². The summed E-state index contributed by atoms with van der Waals surface area (Å²) in [5.41, 5.74) is 5.16. The first-order valence-corrected chi connectivity index (χ1v) is 5.35. The van der Waals surface area contributed by atoms with Gasteiger partial charge in [0.2, 0.25) is 0 Å². The first kappa shape index (κ1) is 11.1. The van der Waals surface area contributed by atoms with Crippen LogP contribution < -0.4 is 11.1 Å². The number of pyridine rings is 1. The van der Waals surface area contributed by atoms with Gasteiger partial charge in [-0.15, -0.1) is 0 Å². The molecule has 16 heavy (non-hydrogen) atoms. The number of nitrogens with one attached hydrogen (secondary N) is 1. The summed E-state index contributed by atoms with van der Waals surface area (Å²) >= 11 is 5.54. The first-order valence-electron chi connectivity index (χ1n) is 4.97. The van der Waals surface area contributed by atoms with E-state index >= 15 is 0 Å². The summed E-state index contributed by atoms with van der Waals surface area (Å²) in [7, 11) is 0. The fourth-order valence-corrected chi connectivity index (χ4v) is 1.49. The first-order chi connectivity index (χ1) is 7.58. The van der Waals surface area contributed by atoms with Gasteiger partial charge in [-0.2, -0.15) is 0 Å². The van der Waals surface area contributed by atoms with Crippen molar-refractivity contribution in [2.24, 2.45) is 11.7 Å². The molecule has 86 valence electrons. The number of nitrogens with zero attached hydrogens (tertiary/aromatic N) is 1. The van der Waals surface area contributed by atoms with Gasteiger partial charge in [-0.3, -0.25) is 4.79 Å². The van der Waals surface area contributed by atoms with Gasteiger partial charge in [0.15, 0.2) is 11.0 Å². The predicted molar refractivity (Wildman–Crippen MR) is 58.9 cm³/mol. The average molecular weight is 244 g/mol. The molecule has 0 unspecified atom stereocenters. The second kappa shape index (κ2) is 4.25. The van der Waals surface area contributed by atoms with Crippen LogP contribution in [0.4, 0.5) is 10.2 Å². The minimum absolute atomic E-state index is 0.0301. The van der Waals surface area contributed by atoms with E-state index in [0.29, 0.717) is 12.5 Å². The summed E-state index contributed by atoms with van der Waals surface area (Å²) in [4.78, 5) is 14.9. The van der Waals surface area contributed by atoms with Crippen molar-refractivity contribution in [3.63, 3.8) is 0 Å². The lowest BCUT2D eigenvalue weighted by molar-refractivity contribution is 0.100. The number of amides is 1. The van der Waals surface area contributed by atoms with Crippen LogP contribution in [-0.4, -0.2) is 17.4 Å². The third-order valence-electron chi connectivity index (χ3n) is 2.45. The lowest BCUT2D eigenvalue weighted by Gasteiger charge is -2.09. The van der Waals surface area contributed by atoms with Crippen molar-refractivity contribution < 1.29 is 9.18 Å². The number of rotatable bonds is 4. The zero-order valence-corrected chi connectivity index (χ0v) is 9.22. The Hall–Kier alpha value is -1.36. The van der Waals surface area contributed by atoms with Gasteiger partial charge in [0.05, 0.1) is 5.56 Å². The van der Waals surface area contributed by atoms with E-state index in [1.807, 2.05) is 0 Å². The van der Waals surface area contributed by atoms with E-state index in [0.717, 1.165) is 18.9 Å². The second-order valence-corrected chi connectivity index (χ2v) is 4.20. The molecule has 1 amide bonds. The molecule has 2 rings (SSSR count). The third-order valence-corrected chi connectivity index (χ3v) is 2.72. The van der Waals surface area contributed by atoms with Crippen LogP contribution >= 0.6 is 11.6 Å². The number of carbonyl (C=O) groups excluding carboxylic acids is 1. The molecule has 0 radical (unpaired) electrons. The number of hydrogen-bond acceptors (Lipinski definition) is 3. The summed E-state index contributed by atoms with van der Waals surface area (Å²) in [5, 5.41) is 2.70. The molecule has 0 atom stereocenters. The number of carbonyl (C=O) groups is 1.